The molecule has 164 valence electrons. The summed E-state index contributed by atoms with van der Waals surface area (Å²) in [4.78, 5) is 27.3. The SMILES string of the molecule is C.N=C(c1ccc(C(=O)Cc2ccccc2C(=O)Nc2ccc(Cl)cc2)c(F)c1)N1CC1. The van der Waals surface area contributed by atoms with Crippen LogP contribution in [-0.2, 0) is 6.42 Å². The van der Waals surface area contributed by atoms with Gasteiger partial charge in [-0.05, 0) is 48.0 Å². The number of Topliss-reactive ketones (excluding diaryl/α,β-unsaturated/α-hetero) is 1. The summed E-state index contributed by atoms with van der Waals surface area (Å²) in [5.74, 6) is -1.22. The largest absolute Gasteiger partial charge is 0.353 e. The van der Waals surface area contributed by atoms with E-state index < -0.39 is 11.6 Å². The number of halogens is 2. The topological polar surface area (TPSA) is 73.0 Å². The van der Waals surface area contributed by atoms with Crippen LogP contribution in [0.5, 0.6) is 0 Å². The molecule has 1 fully saturated rings. The average molecular weight is 452 g/mol. The molecule has 1 aliphatic heterocycles. The van der Waals surface area contributed by atoms with Gasteiger partial charge in [0.15, 0.2) is 5.78 Å². The van der Waals surface area contributed by atoms with Gasteiger partial charge in [-0.25, -0.2) is 4.39 Å². The van der Waals surface area contributed by atoms with Crippen LogP contribution in [0.15, 0.2) is 66.7 Å². The third-order valence-electron chi connectivity index (χ3n) is 5.02. The first-order valence-electron chi connectivity index (χ1n) is 9.74. The summed E-state index contributed by atoms with van der Waals surface area (Å²) in [6.45, 7) is 1.58. The summed E-state index contributed by atoms with van der Waals surface area (Å²) in [5, 5.41) is 11.3. The predicted octanol–water partition coefficient (Wildman–Crippen LogP) is 5.43. The molecule has 0 bridgehead atoms. The van der Waals surface area contributed by atoms with Gasteiger partial charge >= 0.3 is 0 Å². The van der Waals surface area contributed by atoms with E-state index in [0.717, 1.165) is 13.1 Å². The summed E-state index contributed by atoms with van der Waals surface area (Å²) >= 11 is 5.87. The molecular formula is C25H23ClFN3O2. The second-order valence-electron chi connectivity index (χ2n) is 7.25. The number of carbonyl (C=O) groups excluding carboxylic acids is 2. The van der Waals surface area contributed by atoms with Crippen LogP contribution >= 0.6 is 11.6 Å². The average Bonchev–Trinajstić information content (AvgIpc) is 3.60. The Hall–Kier alpha value is -3.51. The smallest absolute Gasteiger partial charge is 0.255 e. The molecule has 0 unspecified atom stereocenters. The lowest BCUT2D eigenvalue weighted by Crippen LogP contribution is -2.17. The number of carbonyl (C=O) groups is 2. The highest BCUT2D eigenvalue weighted by Crippen LogP contribution is 2.20. The van der Waals surface area contributed by atoms with Crippen LogP contribution in [0.3, 0.4) is 0 Å². The molecule has 5 nitrogen and oxygen atoms in total. The molecule has 32 heavy (non-hydrogen) atoms. The summed E-state index contributed by atoms with van der Waals surface area (Å²) < 4.78 is 14.6. The predicted molar refractivity (Wildman–Crippen MR) is 125 cm³/mol. The molecule has 1 amide bonds. The zero-order valence-corrected chi connectivity index (χ0v) is 17.2. The third-order valence-corrected chi connectivity index (χ3v) is 5.27. The van der Waals surface area contributed by atoms with Crippen molar-refractivity contribution in [3.63, 3.8) is 0 Å². The number of hydrogen-bond acceptors (Lipinski definition) is 3. The molecule has 4 rings (SSSR count). The molecule has 0 atom stereocenters. The molecule has 1 heterocycles. The maximum absolute atomic E-state index is 14.6. The van der Waals surface area contributed by atoms with Crippen LogP contribution in [0.25, 0.3) is 0 Å². The second kappa shape index (κ2) is 9.75. The number of hydrogen-bond donors (Lipinski definition) is 2. The van der Waals surface area contributed by atoms with E-state index in [9.17, 15) is 14.0 Å². The fourth-order valence-electron chi connectivity index (χ4n) is 3.24. The lowest BCUT2D eigenvalue weighted by atomic mass is 9.97. The van der Waals surface area contributed by atoms with Gasteiger partial charge in [-0.1, -0.05) is 43.3 Å². The highest BCUT2D eigenvalue weighted by Gasteiger charge is 2.23. The van der Waals surface area contributed by atoms with E-state index in [0.29, 0.717) is 27.4 Å². The lowest BCUT2D eigenvalue weighted by Gasteiger charge is -2.11. The first-order chi connectivity index (χ1) is 14.9. The van der Waals surface area contributed by atoms with E-state index in [2.05, 4.69) is 5.32 Å². The molecule has 3 aromatic rings. The zero-order chi connectivity index (χ0) is 22.0. The van der Waals surface area contributed by atoms with Gasteiger partial charge in [-0.2, -0.15) is 0 Å². The van der Waals surface area contributed by atoms with Crippen LogP contribution in [0.4, 0.5) is 10.1 Å². The molecule has 2 N–H and O–H groups in total. The number of nitrogens with zero attached hydrogens (tertiary/aromatic N) is 1. The summed E-state index contributed by atoms with van der Waals surface area (Å²) in [6.07, 6.45) is -0.121. The third kappa shape index (κ3) is 5.21. The molecule has 0 saturated carbocycles. The van der Waals surface area contributed by atoms with E-state index in [1.165, 1.54) is 12.1 Å². The van der Waals surface area contributed by atoms with Crippen LogP contribution < -0.4 is 5.32 Å². The molecular weight excluding hydrogens is 429 g/mol. The number of ketones is 1. The fraction of sp³-hybridized carbons (Fsp3) is 0.160. The summed E-state index contributed by atoms with van der Waals surface area (Å²) in [6, 6.07) is 17.6. The van der Waals surface area contributed by atoms with Crippen LogP contribution in [-0.4, -0.2) is 35.5 Å². The van der Waals surface area contributed by atoms with Crippen molar-refractivity contribution in [1.29, 1.82) is 5.41 Å². The Labute approximate surface area is 191 Å². The first kappa shape index (κ1) is 23.2. The summed E-state index contributed by atoms with van der Waals surface area (Å²) in [5.41, 5.74) is 1.79. The normalized spacial score (nSPS) is 12.0. The van der Waals surface area contributed by atoms with Crippen molar-refractivity contribution in [3.05, 3.63) is 99.8 Å². The van der Waals surface area contributed by atoms with Crippen LogP contribution in [0, 0.1) is 11.2 Å². The zero-order valence-electron chi connectivity index (χ0n) is 16.5. The molecule has 0 radical (unpaired) electrons. The van der Waals surface area contributed by atoms with Crippen molar-refractivity contribution in [3.8, 4) is 0 Å². The standard InChI is InChI=1S/C24H19ClFN3O2.CH4/c25-17-6-8-18(9-7-17)28-24(31)19-4-2-1-3-15(19)14-22(30)20-10-5-16(13-21(20)26)23(27)29-11-12-29;/h1-10,13,27H,11-12,14H2,(H,28,31);1H4. The van der Waals surface area contributed by atoms with Gasteiger partial charge in [-0.3, -0.25) is 15.0 Å². The highest BCUT2D eigenvalue weighted by molar-refractivity contribution is 6.30. The Morgan fingerprint density at radius 1 is 1.00 bits per heavy atom. The number of rotatable bonds is 6. The first-order valence-corrected chi connectivity index (χ1v) is 10.1. The Bertz CT molecular complexity index is 1170. The van der Waals surface area contributed by atoms with E-state index in [-0.39, 0.29) is 31.2 Å². The molecule has 3 aromatic carbocycles. The minimum absolute atomic E-state index is 0. The number of nitrogens with one attached hydrogen (secondary N) is 2. The maximum Gasteiger partial charge on any atom is 0.255 e. The molecule has 1 saturated heterocycles. The number of anilines is 1. The minimum atomic E-state index is -0.669. The van der Waals surface area contributed by atoms with Crippen molar-refractivity contribution in [2.45, 2.75) is 13.8 Å². The van der Waals surface area contributed by atoms with E-state index in [4.69, 9.17) is 17.0 Å². The Morgan fingerprint density at radius 2 is 1.69 bits per heavy atom. The molecule has 7 heteroatoms. The van der Waals surface area contributed by atoms with E-state index in [1.54, 1.807) is 59.5 Å². The molecule has 0 aromatic heterocycles. The quantitative estimate of drug-likeness (QED) is 0.227. The van der Waals surface area contributed by atoms with Crippen LogP contribution in [0.1, 0.15) is 39.3 Å². The Kier molecular flexibility index (Phi) is 7.05. The van der Waals surface area contributed by atoms with Gasteiger partial charge in [0.05, 0.1) is 5.56 Å². The van der Waals surface area contributed by atoms with Gasteiger partial charge in [0.2, 0.25) is 0 Å². The van der Waals surface area contributed by atoms with Gasteiger partial charge in [0, 0.05) is 41.3 Å². The number of amidine groups is 1. The fourth-order valence-corrected chi connectivity index (χ4v) is 3.37. The van der Waals surface area contributed by atoms with E-state index in [1.807, 2.05) is 0 Å². The van der Waals surface area contributed by atoms with Gasteiger partial charge in [-0.15, -0.1) is 0 Å². The summed E-state index contributed by atoms with van der Waals surface area (Å²) in [7, 11) is 0. The van der Waals surface area contributed by atoms with Gasteiger partial charge in [0.25, 0.3) is 5.91 Å². The second-order valence-corrected chi connectivity index (χ2v) is 7.68. The van der Waals surface area contributed by atoms with Crippen molar-refractivity contribution in [2.24, 2.45) is 0 Å². The van der Waals surface area contributed by atoms with Gasteiger partial charge < -0.3 is 10.2 Å². The van der Waals surface area contributed by atoms with Crippen molar-refractivity contribution < 1.29 is 14.0 Å². The van der Waals surface area contributed by atoms with Crippen molar-refractivity contribution in [2.75, 3.05) is 18.4 Å². The van der Waals surface area contributed by atoms with Crippen molar-refractivity contribution >= 4 is 34.8 Å². The van der Waals surface area contributed by atoms with Crippen molar-refractivity contribution in [1.82, 2.24) is 4.90 Å². The Balaban J connectivity index is 0.00000289. The number of amides is 1. The molecule has 1 aliphatic rings. The number of benzene rings is 3. The lowest BCUT2D eigenvalue weighted by molar-refractivity contribution is 0.0988. The van der Waals surface area contributed by atoms with Gasteiger partial charge in [0.1, 0.15) is 11.7 Å². The van der Waals surface area contributed by atoms with E-state index >= 15 is 0 Å². The van der Waals surface area contributed by atoms with Crippen LogP contribution in [0.2, 0.25) is 5.02 Å². The Morgan fingerprint density at radius 3 is 2.34 bits per heavy atom. The highest BCUT2D eigenvalue weighted by atomic mass is 35.5. The minimum Gasteiger partial charge on any atom is -0.353 e. The maximum atomic E-state index is 14.6. The molecule has 0 spiro atoms. The molecule has 0 aliphatic carbocycles. The monoisotopic (exact) mass is 451 g/mol.